The van der Waals surface area contributed by atoms with Crippen molar-refractivity contribution in [3.8, 4) is 23.0 Å². The number of hydrogen-bond donors (Lipinski definition) is 3. The summed E-state index contributed by atoms with van der Waals surface area (Å²) in [5.74, 6) is 0.558. The summed E-state index contributed by atoms with van der Waals surface area (Å²) in [5, 5.41) is 14.0. The van der Waals surface area contributed by atoms with Crippen molar-refractivity contribution in [1.82, 2.24) is 10.3 Å². The Balaban J connectivity index is 1.27. The molecule has 0 aliphatic carbocycles. The van der Waals surface area contributed by atoms with Gasteiger partial charge in [-0.15, -0.1) is 0 Å². The molecule has 3 N–H and O–H groups in total. The van der Waals surface area contributed by atoms with Crippen molar-refractivity contribution in [2.24, 2.45) is 5.92 Å². The number of aliphatic carboxylic acids is 1. The minimum absolute atomic E-state index is 0.124. The van der Waals surface area contributed by atoms with Crippen molar-refractivity contribution in [2.75, 3.05) is 13.6 Å². The van der Waals surface area contributed by atoms with Gasteiger partial charge in [0.15, 0.2) is 23.0 Å². The molecule has 4 aromatic rings. The SMILES string of the molecule is CC(Cc1c[nH]c2ccccc12)(NC(=O)C(Cc1ccc2c(c1)OCO2)Cc1ccc2c(c1)OCO2)C(=O)O. The molecule has 1 atom stereocenters. The van der Waals surface area contributed by atoms with Crippen LogP contribution < -0.4 is 24.3 Å². The molecule has 6 rings (SSSR count). The Bertz CT molecular complexity index is 1500. The van der Waals surface area contributed by atoms with Gasteiger partial charge in [0.25, 0.3) is 0 Å². The van der Waals surface area contributed by atoms with E-state index in [-0.39, 0.29) is 25.9 Å². The lowest BCUT2D eigenvalue weighted by Gasteiger charge is -2.29. The zero-order chi connectivity index (χ0) is 27.0. The molecule has 1 unspecified atom stereocenters. The lowest BCUT2D eigenvalue weighted by Crippen LogP contribution is -2.55. The minimum Gasteiger partial charge on any atom is -0.480 e. The largest absolute Gasteiger partial charge is 0.480 e. The van der Waals surface area contributed by atoms with Crippen LogP contribution in [0.15, 0.2) is 66.9 Å². The van der Waals surface area contributed by atoms with E-state index in [1.54, 1.807) is 13.1 Å². The first-order valence-electron chi connectivity index (χ1n) is 12.8. The zero-order valence-electron chi connectivity index (χ0n) is 21.4. The van der Waals surface area contributed by atoms with Gasteiger partial charge in [0.1, 0.15) is 5.54 Å². The number of carbonyl (C=O) groups is 2. The van der Waals surface area contributed by atoms with Crippen molar-refractivity contribution in [3.05, 3.63) is 83.6 Å². The third-order valence-corrected chi connectivity index (χ3v) is 7.30. The molecule has 200 valence electrons. The van der Waals surface area contributed by atoms with Gasteiger partial charge in [-0.05, 0) is 66.8 Å². The summed E-state index contributed by atoms with van der Waals surface area (Å²) in [6.45, 7) is 1.86. The second kappa shape index (κ2) is 9.90. The highest BCUT2D eigenvalue weighted by molar-refractivity contribution is 5.90. The smallest absolute Gasteiger partial charge is 0.329 e. The molecule has 0 fully saturated rings. The number of amides is 1. The number of hydrogen-bond acceptors (Lipinski definition) is 6. The molecule has 0 spiro atoms. The number of fused-ring (bicyclic) bond motifs is 3. The molecule has 3 aromatic carbocycles. The molecular formula is C30H28N2O7. The summed E-state index contributed by atoms with van der Waals surface area (Å²) in [6, 6.07) is 18.9. The predicted octanol–water partition coefficient (Wildman–Crippen LogP) is 4.23. The molecule has 0 bridgehead atoms. The number of benzene rings is 3. The lowest BCUT2D eigenvalue weighted by atomic mass is 9.88. The van der Waals surface area contributed by atoms with Crippen LogP contribution in [0.1, 0.15) is 23.6 Å². The van der Waals surface area contributed by atoms with Crippen molar-refractivity contribution in [3.63, 3.8) is 0 Å². The number of carboxylic acid groups (broad SMARTS) is 1. The lowest BCUT2D eigenvalue weighted by molar-refractivity contribution is -0.147. The summed E-state index contributed by atoms with van der Waals surface area (Å²) < 4.78 is 21.9. The number of para-hydroxylation sites is 1. The van der Waals surface area contributed by atoms with Gasteiger partial charge >= 0.3 is 5.97 Å². The van der Waals surface area contributed by atoms with Crippen LogP contribution in [0.5, 0.6) is 23.0 Å². The molecule has 3 heterocycles. The van der Waals surface area contributed by atoms with Crippen molar-refractivity contribution >= 4 is 22.8 Å². The molecule has 39 heavy (non-hydrogen) atoms. The fourth-order valence-electron chi connectivity index (χ4n) is 5.17. The van der Waals surface area contributed by atoms with E-state index in [0.717, 1.165) is 27.6 Å². The monoisotopic (exact) mass is 528 g/mol. The average molecular weight is 529 g/mol. The van der Waals surface area contributed by atoms with Gasteiger partial charge in [-0.1, -0.05) is 30.3 Å². The summed E-state index contributed by atoms with van der Waals surface area (Å²) in [7, 11) is 0. The Kier molecular flexibility index (Phi) is 6.26. The second-order valence-corrected chi connectivity index (χ2v) is 10.1. The fourth-order valence-corrected chi connectivity index (χ4v) is 5.17. The van der Waals surface area contributed by atoms with Crippen LogP contribution in [0.25, 0.3) is 10.9 Å². The Hall–Kier alpha value is -4.66. The molecular weight excluding hydrogens is 500 g/mol. The van der Waals surface area contributed by atoms with Gasteiger partial charge in [0.05, 0.1) is 0 Å². The molecule has 2 aliphatic heterocycles. The number of carboxylic acids is 1. The van der Waals surface area contributed by atoms with Gasteiger partial charge in [-0.2, -0.15) is 0 Å². The molecule has 0 radical (unpaired) electrons. The number of ether oxygens (including phenoxy) is 4. The maximum Gasteiger partial charge on any atom is 0.329 e. The Morgan fingerprint density at radius 1 is 0.897 bits per heavy atom. The maximum atomic E-state index is 13.8. The third kappa shape index (κ3) is 4.95. The summed E-state index contributed by atoms with van der Waals surface area (Å²) in [6.07, 6.45) is 2.67. The van der Waals surface area contributed by atoms with Gasteiger partial charge in [-0.3, -0.25) is 4.79 Å². The highest BCUT2D eigenvalue weighted by atomic mass is 16.7. The first-order valence-corrected chi connectivity index (χ1v) is 12.8. The number of rotatable bonds is 9. The first-order chi connectivity index (χ1) is 18.9. The molecule has 0 saturated carbocycles. The van der Waals surface area contributed by atoms with Gasteiger partial charge < -0.3 is 34.4 Å². The van der Waals surface area contributed by atoms with E-state index in [9.17, 15) is 14.7 Å². The highest BCUT2D eigenvalue weighted by Gasteiger charge is 2.38. The zero-order valence-corrected chi connectivity index (χ0v) is 21.4. The van der Waals surface area contributed by atoms with Crippen LogP contribution in [0.4, 0.5) is 0 Å². The number of aromatic amines is 1. The van der Waals surface area contributed by atoms with E-state index < -0.39 is 17.4 Å². The van der Waals surface area contributed by atoms with Gasteiger partial charge in [0.2, 0.25) is 19.5 Å². The van der Waals surface area contributed by atoms with Gasteiger partial charge in [-0.25, -0.2) is 4.79 Å². The quantitative estimate of drug-likeness (QED) is 0.298. The maximum absolute atomic E-state index is 13.8. The number of nitrogens with one attached hydrogen (secondary N) is 2. The Morgan fingerprint density at radius 2 is 1.49 bits per heavy atom. The fraction of sp³-hybridized carbons (Fsp3) is 0.267. The van der Waals surface area contributed by atoms with Crippen LogP contribution in [0.2, 0.25) is 0 Å². The molecule has 9 nitrogen and oxygen atoms in total. The molecule has 1 aromatic heterocycles. The van der Waals surface area contributed by atoms with Crippen LogP contribution in [-0.4, -0.2) is 41.1 Å². The van der Waals surface area contributed by atoms with E-state index in [4.69, 9.17) is 18.9 Å². The molecule has 9 heteroatoms. The van der Waals surface area contributed by atoms with Crippen LogP contribution in [-0.2, 0) is 28.9 Å². The number of H-pyrrole nitrogens is 1. The van der Waals surface area contributed by atoms with Crippen molar-refractivity contribution < 1.29 is 33.6 Å². The van der Waals surface area contributed by atoms with Crippen molar-refractivity contribution in [1.29, 1.82) is 0 Å². The van der Waals surface area contributed by atoms with Crippen molar-refractivity contribution in [2.45, 2.75) is 31.7 Å². The summed E-state index contributed by atoms with van der Waals surface area (Å²) in [5.41, 5.74) is 1.97. The van der Waals surface area contributed by atoms with Crippen LogP contribution >= 0.6 is 0 Å². The van der Waals surface area contributed by atoms with E-state index in [1.807, 2.05) is 60.7 Å². The Labute approximate surface area is 224 Å². The average Bonchev–Trinajstić information content (AvgIpc) is 3.68. The molecule has 1 amide bonds. The minimum atomic E-state index is -1.52. The second-order valence-electron chi connectivity index (χ2n) is 10.1. The Morgan fingerprint density at radius 3 is 2.10 bits per heavy atom. The summed E-state index contributed by atoms with van der Waals surface area (Å²) >= 11 is 0. The van der Waals surface area contributed by atoms with E-state index >= 15 is 0 Å². The predicted molar refractivity (Wildman–Crippen MR) is 142 cm³/mol. The topological polar surface area (TPSA) is 119 Å². The number of carbonyl (C=O) groups excluding carboxylic acids is 1. The van der Waals surface area contributed by atoms with E-state index in [2.05, 4.69) is 10.3 Å². The van der Waals surface area contributed by atoms with Crippen LogP contribution in [0, 0.1) is 5.92 Å². The van der Waals surface area contributed by atoms with E-state index in [1.165, 1.54) is 0 Å². The number of aromatic nitrogens is 1. The first kappa shape index (κ1) is 24.7. The van der Waals surface area contributed by atoms with Gasteiger partial charge in [0, 0.05) is 29.4 Å². The standard InChI is InChI=1S/C30H28N2O7/c1-30(29(34)35,14-21-15-31-23-5-3-2-4-22(21)23)32-28(33)20(10-18-6-8-24-26(12-18)38-16-36-24)11-19-7-9-25-27(13-19)39-17-37-25/h2-9,12-13,15,20,31H,10-11,14,16-17H2,1H3,(H,32,33)(H,34,35). The third-order valence-electron chi connectivity index (χ3n) is 7.30. The van der Waals surface area contributed by atoms with Crippen LogP contribution in [0.3, 0.4) is 0 Å². The molecule has 2 aliphatic rings. The van der Waals surface area contributed by atoms with E-state index in [0.29, 0.717) is 35.8 Å². The molecule has 0 saturated heterocycles. The summed E-state index contributed by atoms with van der Waals surface area (Å²) in [4.78, 5) is 29.5. The normalized spacial score (nSPS) is 14.9. The highest BCUT2D eigenvalue weighted by Crippen LogP contribution is 2.35.